The number of esters is 1. The van der Waals surface area contributed by atoms with Gasteiger partial charge in [-0.3, -0.25) is 0 Å². The molecule has 0 radical (unpaired) electrons. The lowest BCUT2D eigenvalue weighted by atomic mass is 9.95. The zero-order valence-electron chi connectivity index (χ0n) is 14.5. The van der Waals surface area contributed by atoms with Crippen LogP contribution in [0, 0.1) is 11.7 Å². The summed E-state index contributed by atoms with van der Waals surface area (Å²) < 4.78 is 34.8. The molecule has 7 heteroatoms. The SMILES string of the molecule is COC(=O)c1c(F)cc(N2CCC(C(OC)OC)CC2)cc1OC. The van der Waals surface area contributed by atoms with Crippen molar-refractivity contribution in [1.82, 2.24) is 0 Å². The van der Waals surface area contributed by atoms with E-state index in [4.69, 9.17) is 14.2 Å². The van der Waals surface area contributed by atoms with Crippen LogP contribution >= 0.6 is 0 Å². The Morgan fingerprint density at radius 3 is 2.29 bits per heavy atom. The van der Waals surface area contributed by atoms with Crippen molar-refractivity contribution in [2.75, 3.05) is 46.4 Å². The Morgan fingerprint density at radius 2 is 1.79 bits per heavy atom. The van der Waals surface area contributed by atoms with Crippen molar-refractivity contribution in [2.24, 2.45) is 5.92 Å². The molecule has 0 atom stereocenters. The van der Waals surface area contributed by atoms with Crippen molar-refractivity contribution in [2.45, 2.75) is 19.1 Å². The number of nitrogens with zero attached hydrogens (tertiary/aromatic N) is 1. The van der Waals surface area contributed by atoms with Crippen LogP contribution in [-0.2, 0) is 14.2 Å². The van der Waals surface area contributed by atoms with Gasteiger partial charge in [-0.25, -0.2) is 9.18 Å². The molecule has 0 unspecified atom stereocenters. The fourth-order valence-electron chi connectivity index (χ4n) is 3.12. The van der Waals surface area contributed by atoms with Crippen LogP contribution in [0.5, 0.6) is 5.75 Å². The lowest BCUT2D eigenvalue weighted by Gasteiger charge is -2.36. The third kappa shape index (κ3) is 3.79. The maximum atomic E-state index is 14.4. The molecule has 0 amide bonds. The molecule has 134 valence electrons. The van der Waals surface area contributed by atoms with Crippen LogP contribution in [-0.4, -0.2) is 53.8 Å². The number of benzene rings is 1. The molecule has 1 aromatic carbocycles. The summed E-state index contributed by atoms with van der Waals surface area (Å²) in [4.78, 5) is 13.8. The van der Waals surface area contributed by atoms with E-state index in [2.05, 4.69) is 9.64 Å². The van der Waals surface area contributed by atoms with E-state index in [1.165, 1.54) is 20.3 Å². The fraction of sp³-hybridized carbons (Fsp3) is 0.588. The Kier molecular flexibility index (Phi) is 6.39. The molecular weight excluding hydrogens is 317 g/mol. The summed E-state index contributed by atoms with van der Waals surface area (Å²) in [6.45, 7) is 1.49. The summed E-state index contributed by atoms with van der Waals surface area (Å²) in [5.74, 6) is -0.925. The Bertz CT molecular complexity index is 568. The standard InChI is InChI=1S/C17H24FNO5/c1-21-14-10-12(9-13(18)15(14)16(20)22-2)19-7-5-11(6-8-19)17(23-3)24-4/h9-11,17H,5-8H2,1-4H3. The van der Waals surface area contributed by atoms with Gasteiger partial charge in [-0.1, -0.05) is 0 Å². The zero-order valence-corrected chi connectivity index (χ0v) is 14.5. The number of hydrogen-bond acceptors (Lipinski definition) is 6. The molecule has 1 aliphatic rings. The topological polar surface area (TPSA) is 57.2 Å². The van der Waals surface area contributed by atoms with Gasteiger partial charge in [-0.2, -0.15) is 0 Å². The van der Waals surface area contributed by atoms with E-state index < -0.39 is 11.8 Å². The third-order valence-corrected chi connectivity index (χ3v) is 4.40. The maximum absolute atomic E-state index is 14.4. The van der Waals surface area contributed by atoms with E-state index in [0.29, 0.717) is 11.6 Å². The van der Waals surface area contributed by atoms with Crippen LogP contribution in [0.1, 0.15) is 23.2 Å². The molecule has 6 nitrogen and oxygen atoms in total. The van der Waals surface area contributed by atoms with Gasteiger partial charge in [0.1, 0.15) is 17.1 Å². The van der Waals surface area contributed by atoms with Gasteiger partial charge < -0.3 is 23.8 Å². The first-order valence-electron chi connectivity index (χ1n) is 7.82. The molecule has 0 spiro atoms. The predicted molar refractivity (Wildman–Crippen MR) is 87.0 cm³/mol. The van der Waals surface area contributed by atoms with Crippen molar-refractivity contribution in [3.8, 4) is 5.75 Å². The molecule has 2 rings (SSSR count). The second-order valence-corrected chi connectivity index (χ2v) is 5.66. The van der Waals surface area contributed by atoms with Crippen LogP contribution < -0.4 is 9.64 Å². The van der Waals surface area contributed by atoms with Crippen molar-refractivity contribution in [3.63, 3.8) is 0 Å². The van der Waals surface area contributed by atoms with Gasteiger partial charge in [0.25, 0.3) is 0 Å². The molecule has 1 saturated heterocycles. The van der Waals surface area contributed by atoms with Crippen molar-refractivity contribution >= 4 is 11.7 Å². The quantitative estimate of drug-likeness (QED) is 0.585. The first-order valence-corrected chi connectivity index (χ1v) is 7.82. The summed E-state index contributed by atoms with van der Waals surface area (Å²) in [7, 11) is 5.87. The average molecular weight is 341 g/mol. The predicted octanol–water partition coefficient (Wildman–Crippen LogP) is 2.46. The number of hydrogen-bond donors (Lipinski definition) is 0. The minimum Gasteiger partial charge on any atom is -0.496 e. The summed E-state index contributed by atoms with van der Waals surface area (Å²) in [6.07, 6.45) is 1.52. The third-order valence-electron chi connectivity index (χ3n) is 4.40. The summed E-state index contributed by atoms with van der Waals surface area (Å²) in [5, 5.41) is 0. The highest BCUT2D eigenvalue weighted by atomic mass is 19.1. The van der Waals surface area contributed by atoms with Crippen LogP contribution in [0.3, 0.4) is 0 Å². The number of methoxy groups -OCH3 is 4. The molecule has 1 heterocycles. The second kappa shape index (κ2) is 8.30. The van der Waals surface area contributed by atoms with E-state index in [1.807, 2.05) is 0 Å². The van der Waals surface area contributed by atoms with E-state index in [1.54, 1.807) is 20.3 Å². The van der Waals surface area contributed by atoms with E-state index in [9.17, 15) is 9.18 Å². The van der Waals surface area contributed by atoms with Gasteiger partial charge in [-0.15, -0.1) is 0 Å². The number of carbonyl (C=O) groups is 1. The molecule has 1 aliphatic heterocycles. The monoisotopic (exact) mass is 341 g/mol. The minimum absolute atomic E-state index is 0.172. The molecule has 1 fully saturated rings. The number of carbonyl (C=O) groups excluding carboxylic acids is 1. The van der Waals surface area contributed by atoms with Gasteiger partial charge in [0.15, 0.2) is 6.29 Å². The van der Waals surface area contributed by atoms with Crippen molar-refractivity contribution in [1.29, 1.82) is 0 Å². The molecule has 1 aromatic rings. The number of piperidine rings is 1. The van der Waals surface area contributed by atoms with Gasteiger partial charge in [0, 0.05) is 45.0 Å². The Hall–Kier alpha value is -1.86. The summed E-state index contributed by atoms with van der Waals surface area (Å²) in [6, 6.07) is 3.01. The lowest BCUT2D eigenvalue weighted by molar-refractivity contribution is -0.141. The molecule has 0 bridgehead atoms. The summed E-state index contributed by atoms with van der Waals surface area (Å²) in [5.41, 5.74) is 0.499. The van der Waals surface area contributed by atoms with Crippen LogP contribution in [0.15, 0.2) is 12.1 Å². The lowest BCUT2D eigenvalue weighted by Crippen LogP contribution is -2.39. The van der Waals surface area contributed by atoms with Gasteiger partial charge >= 0.3 is 5.97 Å². The smallest absolute Gasteiger partial charge is 0.344 e. The first-order chi connectivity index (χ1) is 11.5. The van der Waals surface area contributed by atoms with Crippen molar-refractivity contribution < 1.29 is 28.1 Å². The van der Waals surface area contributed by atoms with Crippen molar-refractivity contribution in [3.05, 3.63) is 23.5 Å². The first kappa shape index (κ1) is 18.5. The van der Waals surface area contributed by atoms with Crippen LogP contribution in [0.25, 0.3) is 0 Å². The molecule has 24 heavy (non-hydrogen) atoms. The second-order valence-electron chi connectivity index (χ2n) is 5.66. The van der Waals surface area contributed by atoms with Gasteiger partial charge in [0.2, 0.25) is 0 Å². The van der Waals surface area contributed by atoms with Gasteiger partial charge in [-0.05, 0) is 18.9 Å². The van der Waals surface area contributed by atoms with E-state index in [-0.39, 0.29) is 17.6 Å². The van der Waals surface area contributed by atoms with Gasteiger partial charge in [0.05, 0.1) is 14.2 Å². The molecule has 0 aliphatic carbocycles. The largest absolute Gasteiger partial charge is 0.496 e. The molecule has 0 saturated carbocycles. The highest BCUT2D eigenvalue weighted by Gasteiger charge is 2.28. The van der Waals surface area contributed by atoms with Crippen LogP contribution in [0.2, 0.25) is 0 Å². The average Bonchev–Trinajstić information content (AvgIpc) is 2.62. The molecular formula is C17H24FNO5. The normalized spacial score (nSPS) is 15.7. The molecule has 0 N–H and O–H groups in total. The van der Waals surface area contributed by atoms with E-state index >= 15 is 0 Å². The minimum atomic E-state index is -0.752. The zero-order chi connectivity index (χ0) is 17.7. The maximum Gasteiger partial charge on any atom is 0.344 e. The Labute approximate surface area is 141 Å². The Balaban J connectivity index is 2.16. The number of halogens is 1. The molecule has 0 aromatic heterocycles. The highest BCUT2D eigenvalue weighted by molar-refractivity contribution is 5.93. The summed E-state index contributed by atoms with van der Waals surface area (Å²) >= 11 is 0. The number of anilines is 1. The number of rotatable bonds is 6. The van der Waals surface area contributed by atoms with Crippen LogP contribution in [0.4, 0.5) is 10.1 Å². The fourth-order valence-corrected chi connectivity index (χ4v) is 3.12. The Morgan fingerprint density at radius 1 is 1.17 bits per heavy atom. The van der Waals surface area contributed by atoms with E-state index in [0.717, 1.165) is 25.9 Å². The highest BCUT2D eigenvalue weighted by Crippen LogP contribution is 2.32. The number of ether oxygens (including phenoxy) is 4.